The predicted molar refractivity (Wildman–Crippen MR) is 84.2 cm³/mol. The molecule has 0 spiro atoms. The van der Waals surface area contributed by atoms with Crippen LogP contribution in [0, 0.1) is 6.92 Å². The molecule has 0 N–H and O–H groups in total. The van der Waals surface area contributed by atoms with E-state index < -0.39 is 12.6 Å². The SMILES string of the molecule is Cc1cccc(Oc2coc3cc(OCC(=O)[O-])ccc3c2=O)c1. The summed E-state index contributed by atoms with van der Waals surface area (Å²) in [7, 11) is 0. The van der Waals surface area contributed by atoms with Crippen LogP contribution in [0.3, 0.4) is 0 Å². The fraction of sp³-hybridized carbons (Fsp3) is 0.111. The van der Waals surface area contributed by atoms with Crippen molar-refractivity contribution in [2.24, 2.45) is 0 Å². The zero-order chi connectivity index (χ0) is 17.1. The third-order valence-corrected chi connectivity index (χ3v) is 3.29. The summed E-state index contributed by atoms with van der Waals surface area (Å²) in [6.07, 6.45) is 1.22. The number of carboxylic acid groups (broad SMARTS) is 1. The topological polar surface area (TPSA) is 88.8 Å². The van der Waals surface area contributed by atoms with Crippen molar-refractivity contribution in [2.45, 2.75) is 6.92 Å². The molecule has 3 rings (SSSR count). The Labute approximate surface area is 136 Å². The van der Waals surface area contributed by atoms with Gasteiger partial charge in [-0.3, -0.25) is 4.79 Å². The highest BCUT2D eigenvalue weighted by atomic mass is 16.5. The average Bonchev–Trinajstić information content (AvgIpc) is 2.55. The first-order valence-electron chi connectivity index (χ1n) is 7.15. The Morgan fingerprint density at radius 2 is 2.00 bits per heavy atom. The predicted octanol–water partition coefficient (Wildman–Crippen LogP) is 2.02. The number of fused-ring (bicyclic) bond motifs is 1. The number of hydrogen-bond donors (Lipinski definition) is 0. The van der Waals surface area contributed by atoms with Crippen LogP contribution in [-0.2, 0) is 4.79 Å². The van der Waals surface area contributed by atoms with Crippen molar-refractivity contribution in [1.29, 1.82) is 0 Å². The van der Waals surface area contributed by atoms with Crippen molar-refractivity contribution < 1.29 is 23.8 Å². The van der Waals surface area contributed by atoms with E-state index in [4.69, 9.17) is 13.9 Å². The summed E-state index contributed by atoms with van der Waals surface area (Å²) in [5, 5.41) is 10.7. The Balaban J connectivity index is 1.92. The number of ether oxygens (including phenoxy) is 2. The van der Waals surface area contributed by atoms with Gasteiger partial charge in [0.2, 0.25) is 11.2 Å². The fourth-order valence-electron chi connectivity index (χ4n) is 2.20. The van der Waals surface area contributed by atoms with Crippen LogP contribution in [0.2, 0.25) is 0 Å². The van der Waals surface area contributed by atoms with Crippen molar-refractivity contribution >= 4 is 16.9 Å². The van der Waals surface area contributed by atoms with Crippen LogP contribution in [0.25, 0.3) is 11.0 Å². The van der Waals surface area contributed by atoms with Crippen LogP contribution >= 0.6 is 0 Å². The highest BCUT2D eigenvalue weighted by molar-refractivity contribution is 5.79. The first-order chi connectivity index (χ1) is 11.5. The summed E-state index contributed by atoms with van der Waals surface area (Å²) in [6, 6.07) is 11.7. The lowest BCUT2D eigenvalue weighted by Gasteiger charge is -2.08. The highest BCUT2D eigenvalue weighted by Gasteiger charge is 2.10. The summed E-state index contributed by atoms with van der Waals surface area (Å²) in [5.41, 5.74) is 0.948. The average molecular weight is 325 g/mol. The van der Waals surface area contributed by atoms with Gasteiger partial charge in [0.1, 0.15) is 30.0 Å². The molecule has 2 aromatic carbocycles. The van der Waals surface area contributed by atoms with Crippen molar-refractivity contribution in [3.63, 3.8) is 0 Å². The Morgan fingerprint density at radius 1 is 1.17 bits per heavy atom. The van der Waals surface area contributed by atoms with E-state index in [1.54, 1.807) is 12.1 Å². The molecule has 0 unspecified atom stereocenters. The molecule has 0 atom stereocenters. The number of rotatable bonds is 5. The van der Waals surface area contributed by atoms with Gasteiger partial charge in [-0.1, -0.05) is 12.1 Å². The zero-order valence-corrected chi connectivity index (χ0v) is 12.8. The number of carboxylic acids is 1. The molecule has 0 radical (unpaired) electrons. The highest BCUT2D eigenvalue weighted by Crippen LogP contribution is 2.24. The van der Waals surface area contributed by atoms with E-state index in [1.165, 1.54) is 24.5 Å². The van der Waals surface area contributed by atoms with E-state index >= 15 is 0 Å². The second kappa shape index (κ2) is 6.45. The zero-order valence-electron chi connectivity index (χ0n) is 12.8. The van der Waals surface area contributed by atoms with E-state index in [0.29, 0.717) is 11.1 Å². The number of benzene rings is 2. The Morgan fingerprint density at radius 3 is 2.75 bits per heavy atom. The molecule has 0 amide bonds. The third-order valence-electron chi connectivity index (χ3n) is 3.29. The van der Waals surface area contributed by atoms with Gasteiger partial charge in [-0.25, -0.2) is 0 Å². The number of carbonyl (C=O) groups is 1. The first kappa shape index (κ1) is 15.6. The number of hydrogen-bond acceptors (Lipinski definition) is 6. The van der Waals surface area contributed by atoms with Crippen LogP contribution in [0.4, 0.5) is 0 Å². The van der Waals surface area contributed by atoms with Crippen molar-refractivity contribution in [3.05, 3.63) is 64.5 Å². The molecule has 0 saturated heterocycles. The summed E-state index contributed by atoms with van der Waals surface area (Å²) in [6.45, 7) is 1.34. The van der Waals surface area contributed by atoms with Gasteiger partial charge in [-0.2, -0.15) is 0 Å². The van der Waals surface area contributed by atoms with Crippen LogP contribution < -0.4 is 20.0 Å². The molecule has 1 heterocycles. The van der Waals surface area contributed by atoms with Crippen LogP contribution in [0.1, 0.15) is 5.56 Å². The van der Waals surface area contributed by atoms with Gasteiger partial charge in [0, 0.05) is 6.07 Å². The van der Waals surface area contributed by atoms with Gasteiger partial charge in [0.05, 0.1) is 11.4 Å². The molecule has 6 nitrogen and oxygen atoms in total. The standard InChI is InChI=1S/C18H14O6/c1-11-3-2-4-13(7-11)24-16-9-23-15-8-12(22-10-17(19)20)5-6-14(15)18(16)21/h2-9H,10H2,1H3,(H,19,20)/p-1. The van der Waals surface area contributed by atoms with Gasteiger partial charge in [-0.15, -0.1) is 0 Å². The molecule has 0 aliphatic rings. The normalized spacial score (nSPS) is 10.5. The van der Waals surface area contributed by atoms with Crippen LogP contribution in [0.15, 0.2) is 57.9 Å². The Hall–Kier alpha value is -3.28. The largest absolute Gasteiger partial charge is 0.546 e. The van der Waals surface area contributed by atoms with Crippen molar-refractivity contribution in [3.8, 4) is 17.2 Å². The molecule has 0 saturated carbocycles. The summed E-state index contributed by atoms with van der Waals surface area (Å²) in [5.74, 6) is -0.465. The molecule has 0 aliphatic carbocycles. The maximum atomic E-state index is 12.5. The maximum Gasteiger partial charge on any atom is 0.235 e. The monoisotopic (exact) mass is 325 g/mol. The molecule has 0 aliphatic heterocycles. The second-order valence-corrected chi connectivity index (χ2v) is 5.17. The van der Waals surface area contributed by atoms with E-state index in [1.807, 2.05) is 19.1 Å². The lowest BCUT2D eigenvalue weighted by atomic mass is 10.2. The van der Waals surface area contributed by atoms with Gasteiger partial charge in [-0.05, 0) is 36.8 Å². The van der Waals surface area contributed by atoms with Gasteiger partial charge in [0.15, 0.2) is 0 Å². The Bertz CT molecular complexity index is 957. The summed E-state index contributed by atoms with van der Waals surface area (Å²) in [4.78, 5) is 22.9. The fourth-order valence-corrected chi connectivity index (χ4v) is 2.20. The van der Waals surface area contributed by atoms with E-state index in [-0.39, 0.29) is 22.5 Å². The van der Waals surface area contributed by atoms with E-state index in [2.05, 4.69) is 0 Å². The van der Waals surface area contributed by atoms with Crippen molar-refractivity contribution in [2.75, 3.05) is 6.61 Å². The first-order valence-corrected chi connectivity index (χ1v) is 7.15. The van der Waals surface area contributed by atoms with Crippen LogP contribution in [-0.4, -0.2) is 12.6 Å². The quantitative estimate of drug-likeness (QED) is 0.713. The molecule has 6 heteroatoms. The van der Waals surface area contributed by atoms with E-state index in [9.17, 15) is 14.7 Å². The summed E-state index contributed by atoms with van der Waals surface area (Å²) >= 11 is 0. The molecular formula is C18H13O6-. The number of aryl methyl sites for hydroxylation is 1. The Kier molecular flexibility index (Phi) is 4.20. The number of carbonyl (C=O) groups excluding carboxylic acids is 1. The van der Waals surface area contributed by atoms with Gasteiger partial charge in [0.25, 0.3) is 0 Å². The lowest BCUT2D eigenvalue weighted by molar-refractivity contribution is -0.307. The minimum Gasteiger partial charge on any atom is -0.546 e. The third kappa shape index (κ3) is 3.38. The maximum absolute atomic E-state index is 12.5. The van der Waals surface area contributed by atoms with E-state index in [0.717, 1.165) is 5.56 Å². The lowest BCUT2D eigenvalue weighted by Crippen LogP contribution is -2.28. The summed E-state index contributed by atoms with van der Waals surface area (Å²) < 4.78 is 16.0. The van der Waals surface area contributed by atoms with Crippen molar-refractivity contribution in [1.82, 2.24) is 0 Å². The minimum absolute atomic E-state index is 0.0662. The molecular weight excluding hydrogens is 312 g/mol. The second-order valence-electron chi connectivity index (χ2n) is 5.17. The molecule has 122 valence electrons. The van der Waals surface area contributed by atoms with Gasteiger partial charge >= 0.3 is 0 Å². The minimum atomic E-state index is -1.33. The number of aliphatic carboxylic acids is 1. The molecule has 0 bridgehead atoms. The molecule has 0 fully saturated rings. The molecule has 3 aromatic rings. The molecule has 1 aromatic heterocycles. The van der Waals surface area contributed by atoms with Crippen LogP contribution in [0.5, 0.6) is 17.2 Å². The molecule has 24 heavy (non-hydrogen) atoms. The smallest absolute Gasteiger partial charge is 0.235 e. The van der Waals surface area contributed by atoms with Gasteiger partial charge < -0.3 is 23.8 Å².